The third kappa shape index (κ3) is 23.2. The SMILES string of the molecule is CCCCCCCC/C=C\CCCCCCCC(=O)O.OCCCCC1OC1O. The summed E-state index contributed by atoms with van der Waals surface area (Å²) in [6.07, 6.45) is 23.4. The lowest BCUT2D eigenvalue weighted by molar-refractivity contribution is -0.137. The van der Waals surface area contributed by atoms with Crippen molar-refractivity contribution in [3.8, 4) is 0 Å². The summed E-state index contributed by atoms with van der Waals surface area (Å²) >= 11 is 0. The minimum absolute atomic E-state index is 0.0662. The van der Waals surface area contributed by atoms with Crippen LogP contribution in [-0.2, 0) is 9.53 Å². The van der Waals surface area contributed by atoms with Crippen LogP contribution in [0.15, 0.2) is 12.2 Å². The number of epoxide rings is 1. The molecular formula is C24H46O5. The van der Waals surface area contributed by atoms with Gasteiger partial charge in [-0.15, -0.1) is 0 Å². The number of allylic oxidation sites excluding steroid dienone is 2. The predicted octanol–water partition coefficient (Wildman–Crippen LogP) is 5.97. The van der Waals surface area contributed by atoms with Gasteiger partial charge in [-0.25, -0.2) is 0 Å². The molecule has 1 fully saturated rings. The quantitative estimate of drug-likeness (QED) is 0.137. The van der Waals surface area contributed by atoms with Crippen molar-refractivity contribution in [2.75, 3.05) is 6.61 Å². The normalized spacial score (nSPS) is 17.9. The van der Waals surface area contributed by atoms with Crippen molar-refractivity contribution in [2.24, 2.45) is 0 Å². The smallest absolute Gasteiger partial charge is 0.303 e. The van der Waals surface area contributed by atoms with Crippen molar-refractivity contribution in [3.05, 3.63) is 12.2 Å². The molecule has 29 heavy (non-hydrogen) atoms. The van der Waals surface area contributed by atoms with Gasteiger partial charge in [0.15, 0.2) is 6.29 Å². The zero-order valence-corrected chi connectivity index (χ0v) is 18.7. The monoisotopic (exact) mass is 414 g/mol. The summed E-state index contributed by atoms with van der Waals surface area (Å²) in [7, 11) is 0. The summed E-state index contributed by atoms with van der Waals surface area (Å²) < 4.78 is 4.74. The van der Waals surface area contributed by atoms with E-state index in [-0.39, 0.29) is 12.7 Å². The molecule has 1 heterocycles. The van der Waals surface area contributed by atoms with Gasteiger partial charge in [0.25, 0.3) is 0 Å². The lowest BCUT2D eigenvalue weighted by Gasteiger charge is -1.99. The van der Waals surface area contributed by atoms with E-state index in [0.29, 0.717) is 6.42 Å². The Morgan fingerprint density at radius 3 is 1.83 bits per heavy atom. The van der Waals surface area contributed by atoms with Crippen LogP contribution in [0.2, 0.25) is 0 Å². The lowest BCUT2D eigenvalue weighted by atomic mass is 10.1. The van der Waals surface area contributed by atoms with Crippen molar-refractivity contribution in [3.63, 3.8) is 0 Å². The summed E-state index contributed by atoms with van der Waals surface area (Å²) in [4.78, 5) is 10.3. The molecule has 1 saturated heterocycles. The van der Waals surface area contributed by atoms with Crippen molar-refractivity contribution in [2.45, 2.75) is 128 Å². The number of unbranched alkanes of at least 4 members (excludes halogenated alkanes) is 12. The van der Waals surface area contributed by atoms with E-state index in [1.807, 2.05) is 0 Å². The van der Waals surface area contributed by atoms with Gasteiger partial charge in [-0.05, 0) is 51.4 Å². The van der Waals surface area contributed by atoms with Gasteiger partial charge >= 0.3 is 5.97 Å². The van der Waals surface area contributed by atoms with Gasteiger partial charge in [-0.3, -0.25) is 4.79 Å². The Balaban J connectivity index is 0.000000717. The number of hydrogen-bond acceptors (Lipinski definition) is 4. The second kappa shape index (κ2) is 21.8. The number of carboxylic acid groups (broad SMARTS) is 1. The zero-order valence-electron chi connectivity index (χ0n) is 18.7. The van der Waals surface area contributed by atoms with Gasteiger partial charge in [0.05, 0.1) is 0 Å². The maximum Gasteiger partial charge on any atom is 0.303 e. The standard InChI is InChI=1S/C18H34O2.C6H12O3/c1-2-3-4-5-6-7-8-9-10-11-12-13-14-15-16-17-18(19)20;7-4-2-1-3-5-6(8)9-5/h9-10H,2-8,11-17H2,1H3,(H,19,20);5-8H,1-4H2/b10-9-;. The lowest BCUT2D eigenvalue weighted by Crippen LogP contribution is -1.93. The van der Waals surface area contributed by atoms with Gasteiger partial charge in [0.2, 0.25) is 0 Å². The summed E-state index contributed by atoms with van der Waals surface area (Å²) in [5.41, 5.74) is 0. The second-order valence-corrected chi connectivity index (χ2v) is 8.01. The average molecular weight is 415 g/mol. The van der Waals surface area contributed by atoms with Gasteiger partial charge in [0.1, 0.15) is 6.10 Å². The molecule has 5 heteroatoms. The third-order valence-electron chi connectivity index (χ3n) is 5.10. The minimum Gasteiger partial charge on any atom is -0.481 e. The molecule has 3 N–H and O–H groups in total. The van der Waals surface area contributed by atoms with E-state index in [1.54, 1.807) is 0 Å². The highest BCUT2D eigenvalue weighted by atomic mass is 16.7. The third-order valence-corrected chi connectivity index (χ3v) is 5.10. The summed E-state index contributed by atoms with van der Waals surface area (Å²) in [6, 6.07) is 0. The Kier molecular flexibility index (Phi) is 21.1. The molecule has 0 aromatic heterocycles. The molecule has 0 radical (unpaired) electrons. The molecule has 0 spiro atoms. The second-order valence-electron chi connectivity index (χ2n) is 8.01. The molecule has 2 unspecified atom stereocenters. The van der Waals surface area contributed by atoms with Crippen LogP contribution in [0.25, 0.3) is 0 Å². The molecule has 0 aliphatic carbocycles. The highest BCUT2D eigenvalue weighted by Crippen LogP contribution is 2.23. The minimum atomic E-state index is -0.664. The fraction of sp³-hybridized carbons (Fsp3) is 0.875. The van der Waals surface area contributed by atoms with Crippen LogP contribution in [-0.4, -0.2) is 40.3 Å². The molecule has 0 aromatic rings. The fourth-order valence-electron chi connectivity index (χ4n) is 3.15. The Morgan fingerprint density at radius 2 is 1.34 bits per heavy atom. The van der Waals surface area contributed by atoms with Crippen LogP contribution in [0, 0.1) is 0 Å². The summed E-state index contributed by atoms with van der Waals surface area (Å²) in [5.74, 6) is -0.664. The largest absolute Gasteiger partial charge is 0.481 e. The number of hydrogen-bond donors (Lipinski definition) is 3. The number of carboxylic acids is 1. The van der Waals surface area contributed by atoms with Gasteiger partial charge in [0, 0.05) is 13.0 Å². The van der Waals surface area contributed by atoms with Crippen molar-refractivity contribution < 1.29 is 24.9 Å². The van der Waals surface area contributed by atoms with Gasteiger partial charge in [-0.1, -0.05) is 70.4 Å². The Bertz CT molecular complexity index is 383. The van der Waals surface area contributed by atoms with Crippen LogP contribution in [0.1, 0.15) is 116 Å². The van der Waals surface area contributed by atoms with Gasteiger partial charge < -0.3 is 20.1 Å². The van der Waals surface area contributed by atoms with Gasteiger partial charge in [-0.2, -0.15) is 0 Å². The van der Waals surface area contributed by atoms with Crippen LogP contribution >= 0.6 is 0 Å². The molecule has 0 aromatic carbocycles. The molecule has 1 aliphatic rings. The molecule has 0 bridgehead atoms. The molecule has 2 atom stereocenters. The van der Waals surface area contributed by atoms with Crippen LogP contribution in [0.3, 0.4) is 0 Å². The Hall–Kier alpha value is -0.910. The zero-order chi connectivity index (χ0) is 21.6. The molecule has 1 rings (SSSR count). The Labute approximate surface area is 178 Å². The van der Waals surface area contributed by atoms with Crippen LogP contribution < -0.4 is 0 Å². The number of aliphatic carboxylic acids is 1. The van der Waals surface area contributed by atoms with Crippen LogP contribution in [0.4, 0.5) is 0 Å². The van der Waals surface area contributed by atoms with Crippen molar-refractivity contribution in [1.29, 1.82) is 0 Å². The highest BCUT2D eigenvalue weighted by molar-refractivity contribution is 5.66. The van der Waals surface area contributed by atoms with E-state index in [2.05, 4.69) is 19.1 Å². The summed E-state index contributed by atoms with van der Waals surface area (Å²) in [6.45, 7) is 2.50. The predicted molar refractivity (Wildman–Crippen MR) is 119 cm³/mol. The van der Waals surface area contributed by atoms with E-state index < -0.39 is 12.3 Å². The number of carbonyl (C=O) groups is 1. The molecule has 172 valence electrons. The number of ether oxygens (including phenoxy) is 1. The maximum atomic E-state index is 10.3. The van der Waals surface area contributed by atoms with Crippen LogP contribution in [0.5, 0.6) is 0 Å². The van der Waals surface area contributed by atoms with E-state index in [1.165, 1.54) is 70.6 Å². The van der Waals surface area contributed by atoms with Crippen molar-refractivity contribution in [1.82, 2.24) is 0 Å². The van der Waals surface area contributed by atoms with E-state index in [9.17, 15) is 4.79 Å². The first-order valence-corrected chi connectivity index (χ1v) is 11.9. The molecule has 5 nitrogen and oxygen atoms in total. The van der Waals surface area contributed by atoms with E-state index in [0.717, 1.165) is 32.1 Å². The first-order valence-electron chi connectivity index (χ1n) is 11.9. The molecule has 0 amide bonds. The first-order chi connectivity index (χ1) is 14.1. The van der Waals surface area contributed by atoms with Crippen molar-refractivity contribution >= 4 is 5.97 Å². The number of aliphatic hydroxyl groups is 2. The number of rotatable bonds is 19. The molecular weight excluding hydrogens is 368 g/mol. The number of aliphatic hydroxyl groups excluding tert-OH is 2. The molecule has 0 saturated carbocycles. The maximum absolute atomic E-state index is 10.3. The first kappa shape index (κ1) is 28.1. The highest BCUT2D eigenvalue weighted by Gasteiger charge is 2.35. The molecule has 1 aliphatic heterocycles. The fourth-order valence-corrected chi connectivity index (χ4v) is 3.15. The topological polar surface area (TPSA) is 90.3 Å². The Morgan fingerprint density at radius 1 is 0.828 bits per heavy atom. The average Bonchev–Trinajstić information content (AvgIpc) is 3.40. The van der Waals surface area contributed by atoms with E-state index >= 15 is 0 Å². The summed E-state index contributed by atoms with van der Waals surface area (Å²) in [5, 5.41) is 25.5. The van der Waals surface area contributed by atoms with E-state index in [4.69, 9.17) is 20.1 Å².